The number of hydrogen-bond donors (Lipinski definition) is 4. The molecule has 8 heteroatoms. The highest BCUT2D eigenvalue weighted by Gasteiger charge is 2.40. The van der Waals surface area contributed by atoms with E-state index in [0.717, 1.165) is 92.6 Å². The highest BCUT2D eigenvalue weighted by Crippen LogP contribution is 2.45. The maximum atomic E-state index is 14.8. The number of ketones is 1. The Balaban J connectivity index is 1.02. The number of aliphatic hydroxyl groups excluding tert-OH is 1. The van der Waals surface area contributed by atoms with Gasteiger partial charge in [0.25, 0.3) is 0 Å². The van der Waals surface area contributed by atoms with Gasteiger partial charge in [0.1, 0.15) is 5.76 Å². The number of Topliss-reactive ketones (excluding diaryl/α,β-unsaturated/α-hetero) is 1. The molecule has 10 aromatic carbocycles. The summed E-state index contributed by atoms with van der Waals surface area (Å²) in [5, 5.41) is 38.0. The Hall–Kier alpha value is -7.83. The van der Waals surface area contributed by atoms with Gasteiger partial charge in [-0.25, -0.2) is 0 Å². The van der Waals surface area contributed by atoms with Crippen LogP contribution in [0.5, 0.6) is 0 Å². The van der Waals surface area contributed by atoms with Crippen LogP contribution in [-0.4, -0.2) is 24.9 Å². The molecule has 278 valence electrons. The first-order valence-electron chi connectivity index (χ1n) is 20.4. The standard InChI is InChI=1S/C52H32B2N4O2/c59-51-45(39-25-23-29-15-9-21-41-43(29)49(39)57-53(55-41)47-35-17-5-1-11-31(35)27-32-12-2-6-18-36(32)47)52(60)46(51)40-26-24-30-16-10-22-42-44(30)50(40)58-54(56-42)48-37-19-7-3-13-33(37)28-34-14-4-8-20-38(34)48/h1-28,55-57,59H/b46-40-. The highest BCUT2D eigenvalue weighted by atomic mass is 16.3. The lowest BCUT2D eigenvalue weighted by molar-refractivity contribution is -0.109. The number of nitrogens with zero attached hydrogens (tertiary/aromatic N) is 1. The lowest BCUT2D eigenvalue weighted by atomic mass is 9.62. The van der Waals surface area contributed by atoms with Crippen LogP contribution in [0.2, 0.25) is 0 Å². The first-order valence-corrected chi connectivity index (χ1v) is 20.4. The third-order valence-corrected chi connectivity index (χ3v) is 12.9. The van der Waals surface area contributed by atoms with E-state index in [1.807, 2.05) is 30.3 Å². The van der Waals surface area contributed by atoms with Crippen molar-refractivity contribution >= 4 is 124 Å². The van der Waals surface area contributed by atoms with Crippen LogP contribution < -0.4 is 37.2 Å². The summed E-state index contributed by atoms with van der Waals surface area (Å²) in [5.74, 6) is -0.225. The lowest BCUT2D eigenvalue weighted by Crippen LogP contribution is -2.49. The van der Waals surface area contributed by atoms with Gasteiger partial charge in [-0.15, -0.1) is 0 Å². The van der Waals surface area contributed by atoms with E-state index < -0.39 is 6.98 Å². The van der Waals surface area contributed by atoms with Crippen LogP contribution in [0, 0.1) is 0 Å². The molecule has 4 N–H and O–H groups in total. The average Bonchev–Trinajstić information content (AvgIpc) is 3.29. The first-order chi connectivity index (χ1) is 29.6. The molecular weight excluding hydrogens is 734 g/mol. The second-order valence-electron chi connectivity index (χ2n) is 16.0. The van der Waals surface area contributed by atoms with Crippen LogP contribution in [0.4, 0.5) is 17.1 Å². The van der Waals surface area contributed by atoms with E-state index in [1.165, 1.54) is 0 Å². The van der Waals surface area contributed by atoms with Crippen molar-refractivity contribution in [3.63, 3.8) is 0 Å². The van der Waals surface area contributed by atoms with E-state index in [-0.39, 0.29) is 24.1 Å². The topological polar surface area (TPSA) is 85.8 Å². The monoisotopic (exact) mass is 766 g/mol. The number of nitrogens with one attached hydrogen (secondary N) is 3. The summed E-state index contributed by atoms with van der Waals surface area (Å²) in [4.78, 5) is 20.3. The molecule has 60 heavy (non-hydrogen) atoms. The van der Waals surface area contributed by atoms with Crippen LogP contribution in [0.3, 0.4) is 0 Å². The van der Waals surface area contributed by atoms with Gasteiger partial charge >= 0.3 is 14.0 Å². The van der Waals surface area contributed by atoms with E-state index in [2.05, 4.69) is 155 Å². The van der Waals surface area contributed by atoms with Gasteiger partial charge in [-0.2, -0.15) is 0 Å². The fraction of sp³-hybridized carbons (Fsp3) is 0. The molecule has 6 nitrogen and oxygen atoms in total. The number of aliphatic hydroxyl groups is 1. The van der Waals surface area contributed by atoms with Crippen molar-refractivity contribution in [2.24, 2.45) is 4.90 Å². The summed E-state index contributed by atoms with van der Waals surface area (Å²) >= 11 is 0. The van der Waals surface area contributed by atoms with Gasteiger partial charge in [0.2, 0.25) is 5.78 Å². The zero-order valence-electron chi connectivity index (χ0n) is 32.1. The van der Waals surface area contributed by atoms with Crippen molar-refractivity contribution in [2.45, 2.75) is 0 Å². The van der Waals surface area contributed by atoms with E-state index in [9.17, 15) is 9.90 Å². The van der Waals surface area contributed by atoms with E-state index in [4.69, 9.17) is 4.90 Å². The SMILES string of the molecule is O=C1C(c2ccc3cccc4c3c2NB(c2c3ccccc3cc3ccccc23)N4)=C(O)/C1=c1\ccc2cccc3c2c1=NB(c1c2ccccc2cc2ccccc12)N3. The summed E-state index contributed by atoms with van der Waals surface area (Å²) in [6.45, 7) is -0.762. The Kier molecular flexibility index (Phi) is 6.82. The molecule has 1 aliphatic carbocycles. The average molecular weight is 766 g/mol. The minimum absolute atomic E-state index is 0.0189. The number of allylic oxidation sites excluding steroid dienone is 2. The van der Waals surface area contributed by atoms with Crippen molar-refractivity contribution in [1.29, 1.82) is 0 Å². The second kappa shape index (κ2) is 12.3. The summed E-state index contributed by atoms with van der Waals surface area (Å²) in [7, 11) is 0. The Morgan fingerprint density at radius 1 is 0.467 bits per heavy atom. The van der Waals surface area contributed by atoms with Crippen LogP contribution >= 0.6 is 0 Å². The van der Waals surface area contributed by atoms with Crippen molar-refractivity contribution in [1.82, 2.24) is 0 Å². The quantitative estimate of drug-likeness (QED) is 0.107. The summed E-state index contributed by atoms with van der Waals surface area (Å²) < 4.78 is 0. The maximum Gasteiger partial charge on any atom is 0.429 e. The molecule has 2 heterocycles. The molecule has 10 aromatic rings. The number of benzene rings is 10. The summed E-state index contributed by atoms with van der Waals surface area (Å²) in [5.41, 5.74) is 6.18. The van der Waals surface area contributed by atoms with E-state index in [1.54, 1.807) is 0 Å². The highest BCUT2D eigenvalue weighted by molar-refractivity contribution is 6.84. The van der Waals surface area contributed by atoms with Gasteiger partial charge in [0.15, 0.2) is 0 Å². The van der Waals surface area contributed by atoms with Crippen molar-refractivity contribution in [2.75, 3.05) is 15.7 Å². The van der Waals surface area contributed by atoms with E-state index >= 15 is 0 Å². The van der Waals surface area contributed by atoms with Crippen molar-refractivity contribution in [3.05, 3.63) is 192 Å². The number of fused-ring (bicyclic) bond motifs is 4. The molecule has 0 atom stereocenters. The van der Waals surface area contributed by atoms with Gasteiger partial charge in [0.05, 0.1) is 16.5 Å². The summed E-state index contributed by atoms with van der Waals surface area (Å²) in [6.07, 6.45) is 0. The first kappa shape index (κ1) is 33.2. The van der Waals surface area contributed by atoms with Crippen molar-refractivity contribution < 1.29 is 9.90 Å². The number of hydrogen-bond acceptors (Lipinski definition) is 6. The smallest absolute Gasteiger partial charge is 0.429 e. The number of carbonyl (C=O) groups excluding carboxylic acids is 1. The molecule has 2 aliphatic heterocycles. The predicted octanol–water partition coefficient (Wildman–Crippen LogP) is 8.98. The molecule has 0 radical (unpaired) electrons. The summed E-state index contributed by atoms with van der Waals surface area (Å²) in [6, 6.07) is 58.6. The molecule has 0 fully saturated rings. The maximum absolute atomic E-state index is 14.8. The van der Waals surface area contributed by atoms with Crippen LogP contribution in [0.15, 0.2) is 181 Å². The predicted molar refractivity (Wildman–Crippen MR) is 251 cm³/mol. The molecule has 0 bridgehead atoms. The molecule has 13 rings (SSSR count). The van der Waals surface area contributed by atoms with Gasteiger partial charge in [-0.3, -0.25) is 4.79 Å². The molecule has 0 spiro atoms. The van der Waals surface area contributed by atoms with Gasteiger partial charge in [-0.05, 0) is 89.1 Å². The number of rotatable bonds is 3. The molecule has 0 unspecified atom stereocenters. The molecule has 0 saturated carbocycles. The van der Waals surface area contributed by atoms with Crippen molar-refractivity contribution in [3.8, 4) is 0 Å². The zero-order chi connectivity index (χ0) is 39.6. The van der Waals surface area contributed by atoms with E-state index in [0.29, 0.717) is 21.7 Å². The zero-order valence-corrected chi connectivity index (χ0v) is 32.1. The molecule has 0 aromatic heterocycles. The Morgan fingerprint density at radius 3 is 1.58 bits per heavy atom. The number of anilines is 3. The fourth-order valence-corrected chi connectivity index (χ4v) is 10.2. The molecular formula is C52H32B2N4O2. The van der Waals surface area contributed by atoms with Gasteiger partial charge in [0, 0.05) is 38.6 Å². The normalized spacial score (nSPS) is 15.4. The van der Waals surface area contributed by atoms with Crippen LogP contribution in [0.1, 0.15) is 5.56 Å². The minimum Gasteiger partial charge on any atom is -0.506 e. The number of carbonyl (C=O) groups is 1. The largest absolute Gasteiger partial charge is 0.506 e. The third kappa shape index (κ3) is 4.61. The molecule has 0 amide bonds. The Bertz CT molecular complexity index is 3660. The Morgan fingerprint density at radius 2 is 0.983 bits per heavy atom. The van der Waals surface area contributed by atoms with Gasteiger partial charge < -0.3 is 25.7 Å². The van der Waals surface area contributed by atoms with Gasteiger partial charge in [-0.1, -0.05) is 146 Å². The third-order valence-electron chi connectivity index (χ3n) is 12.9. The lowest BCUT2D eigenvalue weighted by Gasteiger charge is -2.32. The molecule has 0 saturated heterocycles. The fourth-order valence-electron chi connectivity index (χ4n) is 10.2. The second-order valence-corrected chi connectivity index (χ2v) is 16.0. The molecule has 3 aliphatic rings. The van der Waals surface area contributed by atoms with Crippen LogP contribution in [0.25, 0.3) is 75.8 Å². The Labute approximate surface area is 344 Å². The minimum atomic E-state index is -0.441. The van der Waals surface area contributed by atoms with Crippen LogP contribution in [-0.2, 0) is 4.79 Å².